The number of hydrogen-bond donors (Lipinski definition) is 1. The minimum Gasteiger partial charge on any atom is -0.495 e. The molecule has 1 atom stereocenters. The molecule has 4 nitrogen and oxygen atoms in total. The van der Waals surface area contributed by atoms with Crippen LogP contribution in [0, 0.1) is 0 Å². The van der Waals surface area contributed by atoms with Gasteiger partial charge >= 0.3 is 12.1 Å². The number of carbonyl (C=O) groups is 1. The van der Waals surface area contributed by atoms with E-state index in [2.05, 4.69) is 11.3 Å². The minimum atomic E-state index is -5.23. The Morgan fingerprint density at radius 2 is 2.00 bits per heavy atom. The van der Waals surface area contributed by atoms with Crippen LogP contribution in [0.2, 0.25) is 5.02 Å². The average molecular weight is 353 g/mol. The third-order valence-electron chi connectivity index (χ3n) is 3.10. The van der Waals surface area contributed by atoms with Crippen LogP contribution in [-0.4, -0.2) is 36.6 Å². The molecule has 1 unspecified atom stereocenters. The molecule has 23 heavy (non-hydrogen) atoms. The summed E-state index contributed by atoms with van der Waals surface area (Å²) in [6.07, 6.45) is -6.33. The van der Waals surface area contributed by atoms with Gasteiger partial charge in [-0.3, -0.25) is 0 Å². The predicted octanol–water partition coefficient (Wildman–Crippen LogP) is 3.61. The monoisotopic (exact) mass is 352 g/mol. The van der Waals surface area contributed by atoms with Gasteiger partial charge in [0.25, 0.3) is 5.60 Å². The molecule has 0 fully saturated rings. The summed E-state index contributed by atoms with van der Waals surface area (Å²) < 4.78 is 48.9. The first-order valence-electron chi connectivity index (χ1n) is 6.55. The quantitative estimate of drug-likeness (QED) is 0.795. The summed E-state index contributed by atoms with van der Waals surface area (Å²) in [4.78, 5) is 11.6. The smallest absolute Gasteiger partial charge is 0.428 e. The zero-order valence-electron chi connectivity index (χ0n) is 12.5. The summed E-state index contributed by atoms with van der Waals surface area (Å²) in [5.74, 6) is -1.68. The summed E-state index contributed by atoms with van der Waals surface area (Å²) in [6.45, 7) is 4.54. The van der Waals surface area contributed by atoms with Gasteiger partial charge in [0.1, 0.15) is 5.75 Å². The standard InChI is InChI=1S/C15H16ClF3O4/c1-4-23-13(20)14(21,15(17,18)19)8-9(2)10-6-5-7-11(16)12(10)22-3/h5-7,21H,2,4,8H2,1,3H3. The van der Waals surface area contributed by atoms with E-state index in [0.717, 1.165) is 0 Å². The van der Waals surface area contributed by atoms with E-state index in [0.29, 0.717) is 0 Å². The molecule has 0 bridgehead atoms. The van der Waals surface area contributed by atoms with Crippen LogP contribution < -0.4 is 4.74 Å². The number of esters is 1. The molecule has 0 saturated carbocycles. The summed E-state index contributed by atoms with van der Waals surface area (Å²) in [7, 11) is 1.29. The number of halogens is 4. The van der Waals surface area contributed by atoms with Gasteiger partial charge in [-0.15, -0.1) is 0 Å². The Kier molecular flexibility index (Phi) is 6.07. The van der Waals surface area contributed by atoms with Crippen molar-refractivity contribution in [2.75, 3.05) is 13.7 Å². The van der Waals surface area contributed by atoms with Crippen LogP contribution in [0.1, 0.15) is 18.9 Å². The second-order valence-electron chi connectivity index (χ2n) is 4.68. The summed E-state index contributed by atoms with van der Waals surface area (Å²) in [6, 6.07) is 4.40. The fourth-order valence-electron chi connectivity index (χ4n) is 1.94. The summed E-state index contributed by atoms with van der Waals surface area (Å²) in [5.41, 5.74) is -3.71. The molecule has 0 aliphatic heterocycles. The molecule has 0 aliphatic carbocycles. The SMILES string of the molecule is C=C(CC(O)(C(=O)OCC)C(F)(F)F)c1cccc(Cl)c1OC. The number of ether oxygens (including phenoxy) is 2. The maximum atomic E-state index is 13.2. The van der Waals surface area contributed by atoms with E-state index >= 15 is 0 Å². The van der Waals surface area contributed by atoms with Crippen LogP contribution >= 0.6 is 11.6 Å². The third kappa shape index (κ3) is 3.97. The van der Waals surface area contributed by atoms with Gasteiger partial charge in [0.05, 0.1) is 18.7 Å². The van der Waals surface area contributed by atoms with Crippen LogP contribution in [0.3, 0.4) is 0 Å². The lowest BCUT2D eigenvalue weighted by molar-refractivity contribution is -0.260. The molecule has 1 N–H and O–H groups in total. The number of alkyl halides is 3. The van der Waals surface area contributed by atoms with E-state index in [-0.39, 0.29) is 28.5 Å². The van der Waals surface area contributed by atoms with E-state index in [1.165, 1.54) is 32.2 Å². The number of para-hydroxylation sites is 1. The van der Waals surface area contributed by atoms with Crippen molar-refractivity contribution in [3.05, 3.63) is 35.4 Å². The van der Waals surface area contributed by atoms with Gasteiger partial charge < -0.3 is 14.6 Å². The summed E-state index contributed by atoms with van der Waals surface area (Å²) >= 11 is 5.90. The lowest BCUT2D eigenvalue weighted by Gasteiger charge is -2.29. The van der Waals surface area contributed by atoms with Gasteiger partial charge in [-0.25, -0.2) is 4.79 Å². The molecule has 0 radical (unpaired) electrons. The molecular weight excluding hydrogens is 337 g/mol. The molecule has 0 heterocycles. The number of aliphatic hydroxyl groups is 1. The fraction of sp³-hybridized carbons (Fsp3) is 0.400. The average Bonchev–Trinajstić information content (AvgIpc) is 2.45. The highest BCUT2D eigenvalue weighted by Gasteiger charge is 2.60. The highest BCUT2D eigenvalue weighted by Crippen LogP contribution is 2.41. The number of carbonyl (C=O) groups excluding carboxylic acids is 1. The van der Waals surface area contributed by atoms with Gasteiger partial charge in [0.15, 0.2) is 0 Å². The fourth-order valence-corrected chi connectivity index (χ4v) is 2.19. The largest absolute Gasteiger partial charge is 0.495 e. The van der Waals surface area contributed by atoms with Crippen molar-refractivity contribution in [2.24, 2.45) is 0 Å². The van der Waals surface area contributed by atoms with Gasteiger partial charge in [0.2, 0.25) is 0 Å². The van der Waals surface area contributed by atoms with Gasteiger partial charge in [-0.05, 0) is 18.6 Å². The van der Waals surface area contributed by atoms with Crippen molar-refractivity contribution in [2.45, 2.75) is 25.1 Å². The van der Waals surface area contributed by atoms with Crippen molar-refractivity contribution < 1.29 is 32.5 Å². The van der Waals surface area contributed by atoms with Crippen molar-refractivity contribution in [1.29, 1.82) is 0 Å². The third-order valence-corrected chi connectivity index (χ3v) is 3.40. The second kappa shape index (κ2) is 7.23. The molecule has 0 spiro atoms. The molecule has 0 saturated heterocycles. The Morgan fingerprint density at radius 1 is 1.39 bits per heavy atom. The predicted molar refractivity (Wildman–Crippen MR) is 79.3 cm³/mol. The van der Waals surface area contributed by atoms with E-state index in [4.69, 9.17) is 16.3 Å². The Balaban J connectivity index is 3.23. The Bertz CT molecular complexity index is 601. The van der Waals surface area contributed by atoms with Crippen LogP contribution in [0.4, 0.5) is 13.2 Å². The lowest BCUT2D eigenvalue weighted by Crippen LogP contribution is -2.53. The highest BCUT2D eigenvalue weighted by molar-refractivity contribution is 6.32. The van der Waals surface area contributed by atoms with Gasteiger partial charge in [-0.1, -0.05) is 30.3 Å². The van der Waals surface area contributed by atoms with Crippen molar-refractivity contribution in [3.8, 4) is 5.75 Å². The molecular formula is C15H16ClF3O4. The number of hydrogen-bond acceptors (Lipinski definition) is 4. The van der Waals surface area contributed by atoms with E-state index < -0.39 is 24.2 Å². The van der Waals surface area contributed by atoms with Crippen LogP contribution in [0.15, 0.2) is 24.8 Å². The maximum Gasteiger partial charge on any atom is 0.428 e. The zero-order valence-corrected chi connectivity index (χ0v) is 13.3. The topological polar surface area (TPSA) is 55.8 Å². The van der Waals surface area contributed by atoms with E-state index in [1.807, 2.05) is 0 Å². The van der Waals surface area contributed by atoms with Gasteiger partial charge in [0, 0.05) is 12.0 Å². The van der Waals surface area contributed by atoms with Crippen molar-refractivity contribution >= 4 is 23.1 Å². The molecule has 0 amide bonds. The molecule has 128 valence electrons. The first kappa shape index (κ1) is 19.3. The highest BCUT2D eigenvalue weighted by atomic mass is 35.5. The normalized spacial score (nSPS) is 14.0. The van der Waals surface area contributed by atoms with E-state index in [1.54, 1.807) is 0 Å². The van der Waals surface area contributed by atoms with E-state index in [9.17, 15) is 23.1 Å². The lowest BCUT2D eigenvalue weighted by atomic mass is 9.90. The summed E-state index contributed by atoms with van der Waals surface area (Å²) in [5, 5.41) is 10.0. The maximum absolute atomic E-state index is 13.2. The van der Waals surface area contributed by atoms with Crippen LogP contribution in [-0.2, 0) is 9.53 Å². The molecule has 8 heteroatoms. The number of methoxy groups -OCH3 is 1. The zero-order chi connectivity index (χ0) is 17.8. The van der Waals surface area contributed by atoms with Crippen LogP contribution in [0.5, 0.6) is 5.75 Å². The van der Waals surface area contributed by atoms with Crippen LogP contribution in [0.25, 0.3) is 5.57 Å². The Hall–Kier alpha value is -1.73. The molecule has 1 rings (SSSR count). The molecule has 0 aliphatic rings. The molecule has 1 aromatic rings. The first-order chi connectivity index (χ1) is 10.6. The Morgan fingerprint density at radius 3 is 2.48 bits per heavy atom. The molecule has 1 aromatic carbocycles. The van der Waals surface area contributed by atoms with Gasteiger partial charge in [-0.2, -0.15) is 13.2 Å². The van der Waals surface area contributed by atoms with Crippen molar-refractivity contribution in [1.82, 2.24) is 0 Å². The van der Waals surface area contributed by atoms with Crippen molar-refractivity contribution in [3.63, 3.8) is 0 Å². The first-order valence-corrected chi connectivity index (χ1v) is 6.93. The second-order valence-corrected chi connectivity index (χ2v) is 5.09. The number of benzene rings is 1. The number of rotatable bonds is 6. The minimum absolute atomic E-state index is 0.104. The molecule has 0 aromatic heterocycles. The Labute approximate surface area is 136 Å².